The second-order valence-corrected chi connectivity index (χ2v) is 7.66. The summed E-state index contributed by atoms with van der Waals surface area (Å²) in [6, 6.07) is 4.32. The van der Waals surface area contributed by atoms with E-state index < -0.39 is 16.0 Å². The Labute approximate surface area is 149 Å². The minimum absolute atomic E-state index is 0. The predicted molar refractivity (Wildman–Crippen MR) is 94.9 cm³/mol. The molecule has 0 heterocycles. The first-order chi connectivity index (χ1) is 10.9. The van der Waals surface area contributed by atoms with Crippen LogP contribution in [0.25, 0.3) is 0 Å². The van der Waals surface area contributed by atoms with Crippen molar-refractivity contribution < 1.29 is 17.9 Å². The van der Waals surface area contributed by atoms with Gasteiger partial charge in [0.2, 0.25) is 10.0 Å². The van der Waals surface area contributed by atoms with Crippen LogP contribution >= 0.6 is 12.4 Å². The minimum atomic E-state index is -3.64. The van der Waals surface area contributed by atoms with Gasteiger partial charge in [0.05, 0.1) is 17.6 Å². The van der Waals surface area contributed by atoms with Gasteiger partial charge < -0.3 is 10.5 Å². The van der Waals surface area contributed by atoms with E-state index in [9.17, 15) is 13.2 Å². The Kier molecular flexibility index (Phi) is 7.66. The standard InChI is InChI=1S/C16H24N2O4S.ClH/c1-11-9-12(16(19)22-2)7-8-15(11)23(20,21)18-14-6-4-3-5-13(14)10-17;/h7-9,13-14,18H,3-6,10,17H2,1-2H3;1H. The van der Waals surface area contributed by atoms with E-state index in [1.54, 1.807) is 6.92 Å². The van der Waals surface area contributed by atoms with Crippen LogP contribution in [-0.4, -0.2) is 34.1 Å². The quantitative estimate of drug-likeness (QED) is 0.766. The van der Waals surface area contributed by atoms with Gasteiger partial charge in [-0.25, -0.2) is 17.9 Å². The highest BCUT2D eigenvalue weighted by Crippen LogP contribution is 2.26. The van der Waals surface area contributed by atoms with Gasteiger partial charge in [-0.2, -0.15) is 0 Å². The summed E-state index contributed by atoms with van der Waals surface area (Å²) >= 11 is 0. The Bertz CT molecular complexity index is 679. The fourth-order valence-corrected chi connectivity index (χ4v) is 4.67. The summed E-state index contributed by atoms with van der Waals surface area (Å²) in [4.78, 5) is 11.7. The largest absolute Gasteiger partial charge is 0.465 e. The summed E-state index contributed by atoms with van der Waals surface area (Å²) in [6.45, 7) is 2.15. The molecule has 1 saturated carbocycles. The second kappa shape index (κ2) is 8.80. The van der Waals surface area contributed by atoms with Gasteiger partial charge in [0.15, 0.2) is 0 Å². The minimum Gasteiger partial charge on any atom is -0.465 e. The zero-order valence-corrected chi connectivity index (χ0v) is 15.6. The molecule has 0 amide bonds. The van der Waals surface area contributed by atoms with E-state index in [1.165, 1.54) is 25.3 Å². The van der Waals surface area contributed by atoms with Crippen LogP contribution in [0.1, 0.15) is 41.6 Å². The van der Waals surface area contributed by atoms with E-state index in [0.29, 0.717) is 17.7 Å². The molecule has 1 aromatic carbocycles. The Balaban J connectivity index is 0.00000288. The topological polar surface area (TPSA) is 98.5 Å². The molecule has 0 spiro atoms. The van der Waals surface area contributed by atoms with Crippen LogP contribution in [0.5, 0.6) is 0 Å². The normalized spacial score (nSPS) is 21.0. The zero-order valence-electron chi connectivity index (χ0n) is 13.9. The van der Waals surface area contributed by atoms with E-state index in [4.69, 9.17) is 5.73 Å². The van der Waals surface area contributed by atoms with Crippen LogP contribution in [0.15, 0.2) is 23.1 Å². The summed E-state index contributed by atoms with van der Waals surface area (Å²) < 4.78 is 32.8. The molecule has 0 saturated heterocycles. The van der Waals surface area contributed by atoms with Crippen LogP contribution in [-0.2, 0) is 14.8 Å². The van der Waals surface area contributed by atoms with Crippen molar-refractivity contribution in [3.05, 3.63) is 29.3 Å². The maximum absolute atomic E-state index is 12.7. The van der Waals surface area contributed by atoms with Crippen molar-refractivity contribution >= 4 is 28.4 Å². The molecule has 8 heteroatoms. The third-order valence-electron chi connectivity index (χ3n) is 4.40. The molecule has 1 aromatic rings. The molecule has 3 N–H and O–H groups in total. The third-order valence-corrected chi connectivity index (χ3v) is 6.05. The van der Waals surface area contributed by atoms with E-state index in [2.05, 4.69) is 9.46 Å². The summed E-state index contributed by atoms with van der Waals surface area (Å²) in [5.74, 6) is -0.311. The lowest BCUT2D eigenvalue weighted by molar-refractivity contribution is 0.0600. The van der Waals surface area contributed by atoms with Crippen molar-refractivity contribution in [2.45, 2.75) is 43.5 Å². The van der Waals surface area contributed by atoms with E-state index in [0.717, 1.165) is 25.7 Å². The molecule has 0 bridgehead atoms. The number of sulfonamides is 1. The SMILES string of the molecule is COC(=O)c1ccc(S(=O)(=O)NC2CCCCC2CN)c(C)c1.Cl. The summed E-state index contributed by atoms with van der Waals surface area (Å²) in [5, 5.41) is 0. The summed E-state index contributed by atoms with van der Waals surface area (Å²) in [6.07, 6.45) is 3.85. The average Bonchev–Trinajstić information content (AvgIpc) is 2.53. The third kappa shape index (κ3) is 4.69. The number of carbonyl (C=O) groups is 1. The molecule has 1 aliphatic rings. The van der Waals surface area contributed by atoms with Crippen molar-refractivity contribution in [1.82, 2.24) is 4.72 Å². The Hall–Kier alpha value is -1.15. The van der Waals surface area contributed by atoms with Crippen LogP contribution in [0, 0.1) is 12.8 Å². The van der Waals surface area contributed by atoms with Crippen molar-refractivity contribution in [1.29, 1.82) is 0 Å². The number of hydrogen-bond donors (Lipinski definition) is 2. The molecule has 24 heavy (non-hydrogen) atoms. The molecule has 1 fully saturated rings. The molecule has 0 aromatic heterocycles. The van der Waals surface area contributed by atoms with Crippen molar-refractivity contribution in [2.75, 3.05) is 13.7 Å². The van der Waals surface area contributed by atoms with E-state index in [-0.39, 0.29) is 29.3 Å². The lowest BCUT2D eigenvalue weighted by Gasteiger charge is -2.31. The van der Waals surface area contributed by atoms with Gasteiger partial charge in [0, 0.05) is 6.04 Å². The van der Waals surface area contributed by atoms with E-state index in [1.807, 2.05) is 0 Å². The van der Waals surface area contributed by atoms with Gasteiger partial charge in [0.1, 0.15) is 0 Å². The molecule has 2 atom stereocenters. The monoisotopic (exact) mass is 376 g/mol. The molecule has 136 valence electrons. The Morgan fingerprint density at radius 3 is 2.58 bits per heavy atom. The number of nitrogens with two attached hydrogens (primary N) is 1. The van der Waals surface area contributed by atoms with Crippen LogP contribution in [0.4, 0.5) is 0 Å². The number of hydrogen-bond acceptors (Lipinski definition) is 5. The fraction of sp³-hybridized carbons (Fsp3) is 0.562. The highest BCUT2D eigenvalue weighted by Gasteiger charge is 2.29. The highest BCUT2D eigenvalue weighted by atomic mass is 35.5. The van der Waals surface area contributed by atoms with Gasteiger partial charge in [-0.1, -0.05) is 12.8 Å². The molecule has 2 unspecified atom stereocenters. The lowest BCUT2D eigenvalue weighted by atomic mass is 9.85. The predicted octanol–water partition coefficient (Wildman–Crippen LogP) is 2.00. The average molecular weight is 377 g/mol. The Morgan fingerprint density at radius 1 is 1.33 bits per heavy atom. The lowest BCUT2D eigenvalue weighted by Crippen LogP contribution is -2.44. The van der Waals surface area contributed by atoms with Crippen molar-refractivity contribution in [2.24, 2.45) is 11.7 Å². The molecular formula is C16H25ClN2O4S. The fourth-order valence-electron chi connectivity index (χ4n) is 3.10. The molecular weight excluding hydrogens is 352 g/mol. The van der Waals surface area contributed by atoms with Gasteiger partial charge in [-0.15, -0.1) is 12.4 Å². The zero-order chi connectivity index (χ0) is 17.0. The van der Waals surface area contributed by atoms with Crippen LogP contribution in [0.2, 0.25) is 0 Å². The number of carbonyl (C=O) groups excluding carboxylic acids is 1. The van der Waals surface area contributed by atoms with Gasteiger partial charge in [-0.05, 0) is 56.0 Å². The van der Waals surface area contributed by atoms with Gasteiger partial charge in [-0.3, -0.25) is 0 Å². The molecule has 2 rings (SSSR count). The van der Waals surface area contributed by atoms with Gasteiger partial charge in [0.25, 0.3) is 0 Å². The maximum atomic E-state index is 12.7. The molecule has 0 radical (unpaired) electrons. The number of rotatable bonds is 5. The summed E-state index contributed by atoms with van der Waals surface area (Å²) in [5.41, 5.74) is 6.61. The van der Waals surface area contributed by atoms with Crippen molar-refractivity contribution in [3.8, 4) is 0 Å². The van der Waals surface area contributed by atoms with Crippen LogP contribution < -0.4 is 10.5 Å². The molecule has 1 aliphatic carbocycles. The maximum Gasteiger partial charge on any atom is 0.337 e. The number of ether oxygens (including phenoxy) is 1. The first kappa shape index (κ1) is 20.9. The highest BCUT2D eigenvalue weighted by molar-refractivity contribution is 7.89. The first-order valence-corrected chi connectivity index (χ1v) is 9.28. The number of esters is 1. The van der Waals surface area contributed by atoms with Crippen molar-refractivity contribution in [3.63, 3.8) is 0 Å². The number of halogens is 1. The Morgan fingerprint density at radius 2 is 2.00 bits per heavy atom. The summed E-state index contributed by atoms with van der Waals surface area (Å²) in [7, 11) is -2.35. The van der Waals surface area contributed by atoms with E-state index >= 15 is 0 Å². The smallest absolute Gasteiger partial charge is 0.337 e. The number of methoxy groups -OCH3 is 1. The number of nitrogens with one attached hydrogen (secondary N) is 1. The first-order valence-electron chi connectivity index (χ1n) is 7.80. The molecule has 6 nitrogen and oxygen atoms in total. The number of benzene rings is 1. The van der Waals surface area contributed by atoms with Crippen LogP contribution in [0.3, 0.4) is 0 Å². The molecule has 0 aliphatic heterocycles. The second-order valence-electron chi connectivity index (χ2n) is 5.98. The number of aryl methyl sites for hydroxylation is 1. The van der Waals surface area contributed by atoms with Gasteiger partial charge >= 0.3 is 5.97 Å².